The maximum Gasteiger partial charge on any atom is 0.472 e. The lowest BCUT2D eigenvalue weighted by Gasteiger charge is -2.21. The average molecular weight is 1470 g/mol. The van der Waals surface area contributed by atoms with Gasteiger partial charge in [0, 0.05) is 25.7 Å². The van der Waals surface area contributed by atoms with Gasteiger partial charge < -0.3 is 33.8 Å². The van der Waals surface area contributed by atoms with Crippen molar-refractivity contribution in [3.8, 4) is 0 Å². The monoisotopic (exact) mass is 1470 g/mol. The van der Waals surface area contributed by atoms with Gasteiger partial charge in [-0.3, -0.25) is 37.3 Å². The van der Waals surface area contributed by atoms with Crippen LogP contribution in [0.2, 0.25) is 0 Å². The first kappa shape index (κ1) is 96.7. The fraction of sp³-hybridized carbons (Fsp3) is 0.639. The second kappa shape index (κ2) is 74.0. The maximum atomic E-state index is 13.1. The molecule has 0 aromatic rings. The number of phosphoric acid groups is 2. The van der Waals surface area contributed by atoms with Crippen molar-refractivity contribution in [2.45, 2.75) is 303 Å². The van der Waals surface area contributed by atoms with Crippen LogP contribution in [0.5, 0.6) is 0 Å². The highest BCUT2D eigenvalue weighted by Gasteiger charge is 2.30. The molecule has 0 aliphatic heterocycles. The van der Waals surface area contributed by atoms with Crippen molar-refractivity contribution in [2.24, 2.45) is 0 Å². The number of unbranched alkanes of at least 4 members (excludes halogenated alkanes) is 19. The van der Waals surface area contributed by atoms with Crippen molar-refractivity contribution in [3.63, 3.8) is 0 Å². The highest BCUT2D eigenvalue weighted by molar-refractivity contribution is 7.47. The smallest absolute Gasteiger partial charge is 0.462 e. The van der Waals surface area contributed by atoms with Gasteiger partial charge in [0.05, 0.1) is 26.4 Å². The fourth-order valence-corrected chi connectivity index (χ4v) is 11.2. The van der Waals surface area contributed by atoms with Gasteiger partial charge in [-0.2, -0.15) is 0 Å². The predicted molar refractivity (Wildman–Crippen MR) is 417 cm³/mol. The number of rotatable bonds is 71. The first-order valence-corrected chi connectivity index (χ1v) is 41.7. The van der Waals surface area contributed by atoms with Crippen LogP contribution in [0.3, 0.4) is 0 Å². The van der Waals surface area contributed by atoms with Crippen LogP contribution in [0.1, 0.15) is 285 Å². The van der Waals surface area contributed by atoms with Gasteiger partial charge in [-0.05, 0) is 161 Å². The Morgan fingerprint density at radius 2 is 0.510 bits per heavy atom. The van der Waals surface area contributed by atoms with Crippen LogP contribution < -0.4 is 0 Å². The normalized spacial score (nSPS) is 14.8. The zero-order valence-corrected chi connectivity index (χ0v) is 65.0. The molecule has 0 amide bonds. The number of phosphoric ester groups is 2. The van der Waals surface area contributed by atoms with E-state index in [1.807, 2.05) is 0 Å². The molecule has 0 bridgehead atoms. The number of esters is 4. The number of aliphatic hydroxyl groups is 1. The summed E-state index contributed by atoms with van der Waals surface area (Å²) in [4.78, 5) is 72.9. The third-order valence-electron chi connectivity index (χ3n) is 15.4. The van der Waals surface area contributed by atoms with E-state index >= 15 is 0 Å². The largest absolute Gasteiger partial charge is 0.472 e. The number of allylic oxidation sites excluding steroid dienone is 26. The van der Waals surface area contributed by atoms with Crippen LogP contribution in [0, 0.1) is 0 Å². The molecule has 0 radical (unpaired) electrons. The van der Waals surface area contributed by atoms with Crippen LogP contribution in [-0.4, -0.2) is 96.7 Å². The Balaban J connectivity index is 5.43. The van der Waals surface area contributed by atoms with Crippen LogP contribution in [0.15, 0.2) is 158 Å². The molecule has 0 spiro atoms. The van der Waals surface area contributed by atoms with E-state index in [1.54, 1.807) is 0 Å². The van der Waals surface area contributed by atoms with E-state index in [2.05, 4.69) is 186 Å². The molecule has 0 saturated carbocycles. The van der Waals surface area contributed by atoms with Crippen molar-refractivity contribution < 1.29 is 80.2 Å². The molecule has 0 fully saturated rings. The molecule has 5 unspecified atom stereocenters. The Labute approximate surface area is 617 Å². The number of carbonyl (C=O) groups is 4. The highest BCUT2D eigenvalue weighted by Crippen LogP contribution is 2.45. The Morgan fingerprint density at radius 1 is 0.284 bits per heavy atom. The topological polar surface area (TPSA) is 237 Å². The summed E-state index contributed by atoms with van der Waals surface area (Å²) in [5.41, 5.74) is 0. The quantitative estimate of drug-likeness (QED) is 0.0169. The van der Waals surface area contributed by atoms with Gasteiger partial charge in [-0.15, -0.1) is 0 Å². The van der Waals surface area contributed by atoms with E-state index in [9.17, 15) is 43.2 Å². The molecule has 102 heavy (non-hydrogen) atoms. The molecule has 580 valence electrons. The molecular weight excluding hydrogens is 1330 g/mol. The first-order valence-electron chi connectivity index (χ1n) is 38.7. The summed E-state index contributed by atoms with van der Waals surface area (Å²) in [6, 6.07) is 0. The van der Waals surface area contributed by atoms with Crippen LogP contribution in [0.25, 0.3) is 0 Å². The first-order chi connectivity index (χ1) is 49.7. The molecule has 0 aromatic carbocycles. The van der Waals surface area contributed by atoms with E-state index in [1.165, 1.54) is 0 Å². The number of ether oxygens (including phenoxy) is 4. The van der Waals surface area contributed by atoms with Gasteiger partial charge in [0.15, 0.2) is 12.2 Å². The predicted octanol–water partition coefficient (Wildman–Crippen LogP) is 22.4. The standard InChI is InChI=1S/C83H136O17P2/c1-5-9-13-17-21-25-29-33-36-38-41-44-47-51-55-59-63-67-80(85)93-73-78(99-82(87)69-65-61-57-53-49-43-32-28-24-20-16-12-8-4)75-97-101(89,90)95-71-77(84)72-96-102(91,92)98-76-79(100-83(88)70-66-62-58-54-50-46-40-35-31-27-23-19-15-11-7-3)74-94-81(86)68-64-60-56-52-48-45-42-39-37-34-30-26-22-18-14-10-6-2/h9-11,13-16,20-23,25-28,32-37,40-41,44,50,54,77-79,84H,5-8,12,17-19,24,29-31,38-39,42-43,45-49,51-53,55-76H2,1-4H3,(H,89,90)(H,91,92)/b13-9-,14-10-,15-11-,20-16-,25-21-,26-22-,27-23-,32-28-,36-33-,37-34-,40-35-,44-41-,54-50-. The summed E-state index contributed by atoms with van der Waals surface area (Å²) >= 11 is 0. The van der Waals surface area contributed by atoms with Gasteiger partial charge in [0.1, 0.15) is 19.3 Å². The molecule has 0 rings (SSSR count). The lowest BCUT2D eigenvalue weighted by molar-refractivity contribution is -0.161. The highest BCUT2D eigenvalue weighted by atomic mass is 31.2. The Bertz CT molecular complexity index is 2550. The van der Waals surface area contributed by atoms with Gasteiger partial charge in [0.25, 0.3) is 0 Å². The van der Waals surface area contributed by atoms with Crippen LogP contribution >= 0.6 is 15.6 Å². The summed E-state index contributed by atoms with van der Waals surface area (Å²) < 4.78 is 68.5. The van der Waals surface area contributed by atoms with Crippen LogP contribution in [-0.2, 0) is 65.4 Å². The Morgan fingerprint density at radius 3 is 0.804 bits per heavy atom. The minimum atomic E-state index is -5.00. The maximum absolute atomic E-state index is 13.1. The van der Waals surface area contributed by atoms with Crippen molar-refractivity contribution in [2.75, 3.05) is 39.6 Å². The molecule has 19 heteroatoms. The van der Waals surface area contributed by atoms with E-state index in [0.29, 0.717) is 32.1 Å². The van der Waals surface area contributed by atoms with Gasteiger partial charge in [-0.25, -0.2) is 9.13 Å². The lowest BCUT2D eigenvalue weighted by atomic mass is 10.1. The summed E-state index contributed by atoms with van der Waals surface area (Å²) in [7, 11) is -9.99. The van der Waals surface area contributed by atoms with Crippen molar-refractivity contribution in [1.29, 1.82) is 0 Å². The minimum Gasteiger partial charge on any atom is -0.462 e. The molecule has 0 saturated heterocycles. The van der Waals surface area contributed by atoms with E-state index < -0.39 is 97.5 Å². The average Bonchev–Trinajstić information content (AvgIpc) is 0.908. The molecule has 17 nitrogen and oxygen atoms in total. The third-order valence-corrected chi connectivity index (χ3v) is 17.4. The number of hydrogen-bond acceptors (Lipinski definition) is 15. The van der Waals surface area contributed by atoms with E-state index in [0.717, 1.165) is 199 Å². The number of hydrogen-bond donors (Lipinski definition) is 3. The number of carbonyl (C=O) groups excluding carboxylic acids is 4. The molecule has 0 heterocycles. The molecule has 5 atom stereocenters. The second-order valence-electron chi connectivity index (χ2n) is 25.1. The molecular formula is C83H136O17P2. The second-order valence-corrected chi connectivity index (χ2v) is 28.1. The van der Waals surface area contributed by atoms with Crippen molar-refractivity contribution in [3.05, 3.63) is 158 Å². The van der Waals surface area contributed by atoms with E-state index in [-0.39, 0.29) is 25.7 Å². The summed E-state index contributed by atoms with van der Waals surface area (Å²) in [5, 5.41) is 10.6. The Kier molecular flexibility index (Phi) is 70.1. The SMILES string of the molecule is CC/C=C\C/C=C\C/C=C\C/C=C\CCCCCCC(=O)OCC(COP(=O)(O)OCC(O)COP(=O)(O)OCC(COC(=O)CCCCCCCCC/C=C\C/C=C\C/C=C\CC)OC(=O)CCCC/C=C\C/C=C\C/C=C\C/C=C\CC)OC(=O)CCCCCCC/C=C\C/C=C\CCC. The zero-order valence-electron chi connectivity index (χ0n) is 63.2. The fourth-order valence-electron chi connectivity index (χ4n) is 9.66. The van der Waals surface area contributed by atoms with Gasteiger partial charge in [0.2, 0.25) is 0 Å². The summed E-state index contributed by atoms with van der Waals surface area (Å²) in [6.45, 7) is 4.35. The lowest BCUT2D eigenvalue weighted by Crippen LogP contribution is -2.30. The van der Waals surface area contributed by atoms with Crippen molar-refractivity contribution in [1.82, 2.24) is 0 Å². The van der Waals surface area contributed by atoms with Gasteiger partial charge in [-0.1, -0.05) is 256 Å². The third kappa shape index (κ3) is 73.0. The molecule has 0 aliphatic rings. The van der Waals surface area contributed by atoms with Gasteiger partial charge >= 0.3 is 39.5 Å². The molecule has 3 N–H and O–H groups in total. The van der Waals surface area contributed by atoms with Crippen LogP contribution in [0.4, 0.5) is 0 Å². The summed E-state index contributed by atoms with van der Waals surface area (Å²) in [6.07, 6.45) is 85.2. The number of aliphatic hydroxyl groups excluding tert-OH is 1. The zero-order chi connectivity index (χ0) is 74.6. The molecule has 0 aromatic heterocycles. The van der Waals surface area contributed by atoms with Crippen molar-refractivity contribution >= 4 is 39.5 Å². The molecule has 0 aliphatic carbocycles. The minimum absolute atomic E-state index is 0.0348. The summed E-state index contributed by atoms with van der Waals surface area (Å²) in [5.74, 6) is -2.29. The Hall–Kier alpha value is -5.32. The van der Waals surface area contributed by atoms with E-state index in [4.69, 9.17) is 37.0 Å².